The number of carbonyl (C=O) groups excluding carboxylic acids is 1. The fourth-order valence-electron chi connectivity index (χ4n) is 6.12. The van der Waals surface area contributed by atoms with Crippen LogP contribution in [0.4, 0.5) is 4.39 Å². The normalized spacial score (nSPS) is 30.7. The zero-order valence-corrected chi connectivity index (χ0v) is 25.5. The van der Waals surface area contributed by atoms with Crippen molar-refractivity contribution in [3.8, 4) is 0 Å². The van der Waals surface area contributed by atoms with E-state index in [1.165, 1.54) is 7.11 Å². The number of alkyl halides is 1. The maximum atomic E-state index is 15.6. The Bertz CT molecular complexity index is 771. The summed E-state index contributed by atoms with van der Waals surface area (Å²) in [6.07, 6.45) is 19.1. The molecule has 0 spiro atoms. The largest absolute Gasteiger partial charge is 0.469 e. The monoisotopic (exact) mass is 566 g/mol. The van der Waals surface area contributed by atoms with Crippen LogP contribution >= 0.6 is 0 Å². The fraction of sp³-hybridized carbons (Fsp3) is 0.848. The summed E-state index contributed by atoms with van der Waals surface area (Å²) >= 11 is 0. The summed E-state index contributed by atoms with van der Waals surface area (Å²) in [5.74, 6) is -0.437. The molecule has 2 heterocycles. The van der Waals surface area contributed by atoms with Crippen LogP contribution in [0.5, 0.6) is 0 Å². The number of hydrogen-bond acceptors (Lipinski definition) is 6. The Morgan fingerprint density at radius 1 is 1.05 bits per heavy atom. The lowest BCUT2D eigenvalue weighted by Gasteiger charge is -2.36. The summed E-state index contributed by atoms with van der Waals surface area (Å²) in [4.78, 5) is 11.4. The first-order valence-electron chi connectivity index (χ1n) is 15.9. The van der Waals surface area contributed by atoms with Crippen molar-refractivity contribution in [2.75, 3.05) is 20.3 Å². The van der Waals surface area contributed by atoms with Crippen LogP contribution in [0.3, 0.4) is 0 Å². The quantitative estimate of drug-likeness (QED) is 0.108. The molecular formula is C33H55FO6. The molecule has 6 nitrogen and oxygen atoms in total. The van der Waals surface area contributed by atoms with Gasteiger partial charge in [0, 0.05) is 37.9 Å². The Morgan fingerprint density at radius 3 is 2.42 bits per heavy atom. The molecule has 1 saturated carbocycles. The third kappa shape index (κ3) is 10.8. The lowest BCUT2D eigenvalue weighted by Crippen LogP contribution is -2.37. The lowest BCUT2D eigenvalue weighted by molar-refractivity contribution is -0.198. The van der Waals surface area contributed by atoms with Crippen LogP contribution in [0.2, 0.25) is 0 Å². The van der Waals surface area contributed by atoms with E-state index in [9.17, 15) is 4.79 Å². The van der Waals surface area contributed by atoms with Crippen LogP contribution < -0.4 is 0 Å². The van der Waals surface area contributed by atoms with Crippen molar-refractivity contribution in [3.63, 3.8) is 0 Å². The number of esters is 1. The highest BCUT2D eigenvalue weighted by atomic mass is 19.1. The number of carbonyl (C=O) groups is 1. The molecule has 230 valence electrons. The standard InChI is InChI=1S/C33H55FO6/c1-5-6-21-33(2,3)29(40-32-18-12-14-23-38-32)20-19-26-25(15-9-7-8-10-16-30(35)36-4)27(34)24-28(26)39-31-17-11-13-22-37-31/h7,9,19-20,25-29,31-32H,5-6,8,10-18,21-24H2,1-4H3/b9-7-,20-19+/t25-,26-,27+,28-,29-,31?,32?/m1/s1. The average Bonchev–Trinajstić information content (AvgIpc) is 3.25. The molecule has 0 radical (unpaired) electrons. The molecule has 0 aromatic carbocycles. The molecule has 1 aliphatic carbocycles. The third-order valence-electron chi connectivity index (χ3n) is 8.75. The Labute approximate surface area is 242 Å². The van der Waals surface area contributed by atoms with Crippen LogP contribution in [-0.2, 0) is 28.5 Å². The van der Waals surface area contributed by atoms with Gasteiger partial charge in [0.1, 0.15) is 6.17 Å². The third-order valence-corrected chi connectivity index (χ3v) is 8.75. The number of halogens is 1. The Kier molecular flexibility index (Phi) is 14.6. The van der Waals surface area contributed by atoms with Crippen LogP contribution in [0.25, 0.3) is 0 Å². The second kappa shape index (κ2) is 17.6. The molecule has 0 N–H and O–H groups in total. The van der Waals surface area contributed by atoms with E-state index in [2.05, 4.69) is 45.1 Å². The van der Waals surface area contributed by atoms with Gasteiger partial charge in [-0.25, -0.2) is 4.39 Å². The van der Waals surface area contributed by atoms with Crippen LogP contribution in [0.1, 0.15) is 111 Å². The highest BCUT2D eigenvalue weighted by Crippen LogP contribution is 2.42. The van der Waals surface area contributed by atoms with Gasteiger partial charge in [-0.2, -0.15) is 0 Å². The van der Waals surface area contributed by atoms with Gasteiger partial charge in [0.05, 0.1) is 19.3 Å². The van der Waals surface area contributed by atoms with Gasteiger partial charge in [-0.3, -0.25) is 4.79 Å². The minimum Gasteiger partial charge on any atom is -0.469 e. The minimum absolute atomic E-state index is 0.0689. The maximum absolute atomic E-state index is 15.6. The Hall–Kier alpha value is -1.28. The molecule has 0 aromatic heterocycles. The Morgan fingerprint density at radius 2 is 1.77 bits per heavy atom. The van der Waals surface area contributed by atoms with Crippen molar-refractivity contribution >= 4 is 5.97 Å². The van der Waals surface area contributed by atoms with Crippen molar-refractivity contribution in [2.24, 2.45) is 17.3 Å². The molecule has 2 aliphatic heterocycles. The van der Waals surface area contributed by atoms with Crippen molar-refractivity contribution in [1.82, 2.24) is 0 Å². The van der Waals surface area contributed by atoms with E-state index in [-0.39, 0.29) is 48.0 Å². The van der Waals surface area contributed by atoms with Gasteiger partial charge in [-0.1, -0.05) is 57.9 Å². The summed E-state index contributed by atoms with van der Waals surface area (Å²) in [5.41, 5.74) is -0.0705. The van der Waals surface area contributed by atoms with Crippen molar-refractivity contribution < 1.29 is 32.9 Å². The van der Waals surface area contributed by atoms with Crippen LogP contribution in [-0.4, -0.2) is 57.3 Å². The summed E-state index contributed by atoms with van der Waals surface area (Å²) in [7, 11) is 1.41. The van der Waals surface area contributed by atoms with Crippen molar-refractivity contribution in [3.05, 3.63) is 24.3 Å². The van der Waals surface area contributed by atoms with E-state index in [0.29, 0.717) is 25.9 Å². The number of unbranched alkanes of at least 4 members (excludes halogenated alkanes) is 2. The molecule has 3 aliphatic rings. The van der Waals surface area contributed by atoms with Crippen LogP contribution in [0.15, 0.2) is 24.3 Å². The van der Waals surface area contributed by atoms with Crippen molar-refractivity contribution in [1.29, 1.82) is 0 Å². The Balaban J connectivity index is 1.74. The maximum Gasteiger partial charge on any atom is 0.305 e. The number of rotatable bonds is 16. The second-order valence-electron chi connectivity index (χ2n) is 12.5. The van der Waals surface area contributed by atoms with Crippen LogP contribution in [0, 0.1) is 17.3 Å². The van der Waals surface area contributed by atoms with Gasteiger partial charge in [0.25, 0.3) is 0 Å². The first-order chi connectivity index (χ1) is 19.3. The molecule has 7 heteroatoms. The molecule has 3 fully saturated rings. The molecule has 40 heavy (non-hydrogen) atoms. The number of allylic oxidation sites excluding steroid dienone is 2. The predicted octanol–water partition coefficient (Wildman–Crippen LogP) is 7.85. The molecule has 0 aromatic rings. The van der Waals surface area contributed by atoms with E-state index in [0.717, 1.165) is 77.2 Å². The second-order valence-corrected chi connectivity index (χ2v) is 12.5. The number of ether oxygens (including phenoxy) is 5. The molecule has 0 bridgehead atoms. The lowest BCUT2D eigenvalue weighted by atomic mass is 9.80. The van der Waals surface area contributed by atoms with E-state index in [1.807, 2.05) is 0 Å². The molecule has 7 atom stereocenters. The summed E-state index contributed by atoms with van der Waals surface area (Å²) in [6.45, 7) is 8.21. The number of methoxy groups -OCH3 is 1. The SMILES string of the molecule is CCCCC(C)(C)[C@@H](/C=C/[C@@H]1[C@@H](C/C=C\CCCC(=O)OC)[C@@H](F)C[C@H]1OC1CCCCO1)OC1CCCCO1. The fourth-order valence-corrected chi connectivity index (χ4v) is 6.12. The first-order valence-corrected chi connectivity index (χ1v) is 15.9. The molecule has 2 unspecified atom stereocenters. The molecular weight excluding hydrogens is 511 g/mol. The number of hydrogen-bond donors (Lipinski definition) is 0. The molecule has 2 saturated heterocycles. The highest BCUT2D eigenvalue weighted by molar-refractivity contribution is 5.69. The van der Waals surface area contributed by atoms with E-state index in [1.54, 1.807) is 0 Å². The van der Waals surface area contributed by atoms with Crippen molar-refractivity contribution in [2.45, 2.75) is 142 Å². The van der Waals surface area contributed by atoms with Gasteiger partial charge in [0.2, 0.25) is 0 Å². The predicted molar refractivity (Wildman–Crippen MR) is 155 cm³/mol. The summed E-state index contributed by atoms with van der Waals surface area (Å²) < 4.78 is 45.1. The first kappa shape index (κ1) is 33.2. The van der Waals surface area contributed by atoms with Gasteiger partial charge < -0.3 is 23.7 Å². The summed E-state index contributed by atoms with van der Waals surface area (Å²) in [5, 5.41) is 0. The van der Waals surface area contributed by atoms with E-state index < -0.39 is 6.17 Å². The smallest absolute Gasteiger partial charge is 0.305 e. The topological polar surface area (TPSA) is 63.2 Å². The molecule has 3 rings (SSSR count). The summed E-state index contributed by atoms with van der Waals surface area (Å²) in [6, 6.07) is 0. The van der Waals surface area contributed by atoms with Gasteiger partial charge in [-0.15, -0.1) is 0 Å². The van der Waals surface area contributed by atoms with Gasteiger partial charge in [-0.05, 0) is 69.6 Å². The van der Waals surface area contributed by atoms with E-state index in [4.69, 9.17) is 23.7 Å². The average molecular weight is 567 g/mol. The molecule has 0 amide bonds. The van der Waals surface area contributed by atoms with Gasteiger partial charge in [0.15, 0.2) is 12.6 Å². The zero-order valence-electron chi connectivity index (χ0n) is 25.5. The minimum atomic E-state index is -0.947. The van der Waals surface area contributed by atoms with Gasteiger partial charge >= 0.3 is 5.97 Å². The highest BCUT2D eigenvalue weighted by Gasteiger charge is 2.44. The van der Waals surface area contributed by atoms with E-state index >= 15 is 4.39 Å². The zero-order chi connectivity index (χ0) is 28.8.